The van der Waals surface area contributed by atoms with Crippen LogP contribution >= 0.6 is 0 Å². The molecule has 0 aromatic heterocycles. The van der Waals surface area contributed by atoms with Crippen molar-refractivity contribution in [1.82, 2.24) is 0 Å². The lowest BCUT2D eigenvalue weighted by atomic mass is 10.1. The van der Waals surface area contributed by atoms with Crippen molar-refractivity contribution in [3.63, 3.8) is 0 Å². The largest absolute Gasteiger partial charge is 0.508 e. The van der Waals surface area contributed by atoms with E-state index in [2.05, 4.69) is 38.2 Å². The summed E-state index contributed by atoms with van der Waals surface area (Å²) in [6.45, 7) is 5.56. The van der Waals surface area contributed by atoms with Gasteiger partial charge >= 0.3 is 6.16 Å². The lowest BCUT2D eigenvalue weighted by molar-refractivity contribution is 0.0529. The first-order valence-corrected chi connectivity index (χ1v) is 20.9. The molecule has 0 aromatic rings. The van der Waals surface area contributed by atoms with Crippen LogP contribution in [-0.2, 0) is 9.47 Å². The molecule has 0 rings (SSSR count). The van der Waals surface area contributed by atoms with Gasteiger partial charge in [-0.2, -0.15) is 0 Å². The smallest absolute Gasteiger partial charge is 0.434 e. The fraction of sp³-hybridized carbons (Fsp3) is 0.884. The van der Waals surface area contributed by atoms with Gasteiger partial charge in [-0.1, -0.05) is 192 Å². The van der Waals surface area contributed by atoms with Crippen LogP contribution in [0, 0.1) is 0 Å². The lowest BCUT2D eigenvalue weighted by Gasteiger charge is -2.06. The summed E-state index contributed by atoms with van der Waals surface area (Å²) in [6.07, 6.45) is 53.8. The zero-order valence-corrected chi connectivity index (χ0v) is 31.5. The van der Waals surface area contributed by atoms with Gasteiger partial charge in [0.15, 0.2) is 0 Å². The standard InChI is InChI=1S/C43H82O3/c1-3-5-7-9-11-13-15-17-19-21-23-24-26-28-30-32-34-36-38-40-42-46-43(44)45-41-39-37-35-33-31-29-27-25-22-20-18-16-14-12-10-8-6-4-2/h17,19,22,25H,3-16,18,20-21,23-24,26-42H2,1-2H3/b19-17-,25-22-. The van der Waals surface area contributed by atoms with Gasteiger partial charge in [-0.3, -0.25) is 0 Å². The van der Waals surface area contributed by atoms with Crippen LogP contribution in [0.4, 0.5) is 4.79 Å². The highest BCUT2D eigenvalue weighted by atomic mass is 16.7. The third-order valence-electron chi connectivity index (χ3n) is 9.25. The summed E-state index contributed by atoms with van der Waals surface area (Å²) in [5, 5.41) is 0. The van der Waals surface area contributed by atoms with Gasteiger partial charge in [-0.15, -0.1) is 0 Å². The van der Waals surface area contributed by atoms with Crippen molar-refractivity contribution in [1.29, 1.82) is 0 Å². The van der Waals surface area contributed by atoms with E-state index in [1.807, 2.05) is 0 Å². The van der Waals surface area contributed by atoms with Gasteiger partial charge in [0.2, 0.25) is 0 Å². The van der Waals surface area contributed by atoms with E-state index in [0.29, 0.717) is 13.2 Å². The van der Waals surface area contributed by atoms with Crippen LogP contribution in [0.25, 0.3) is 0 Å². The Labute approximate surface area is 289 Å². The predicted octanol–water partition coefficient (Wildman–Crippen LogP) is 15.6. The fourth-order valence-corrected chi connectivity index (χ4v) is 6.11. The lowest BCUT2D eigenvalue weighted by Crippen LogP contribution is -2.09. The summed E-state index contributed by atoms with van der Waals surface area (Å²) in [7, 11) is 0. The quantitative estimate of drug-likeness (QED) is 0.0380. The highest BCUT2D eigenvalue weighted by Gasteiger charge is 2.03. The molecule has 0 heterocycles. The number of unbranched alkanes of at least 4 members (excludes halogenated alkanes) is 30. The zero-order chi connectivity index (χ0) is 33.3. The Bertz CT molecular complexity index is 626. The number of carbonyl (C=O) groups excluding carboxylic acids is 1. The molecular formula is C43H82O3. The summed E-state index contributed by atoms with van der Waals surface area (Å²) in [6, 6.07) is 0. The average Bonchev–Trinajstić information content (AvgIpc) is 3.06. The average molecular weight is 647 g/mol. The highest BCUT2D eigenvalue weighted by molar-refractivity contribution is 5.59. The maximum atomic E-state index is 11.8. The van der Waals surface area contributed by atoms with E-state index in [0.717, 1.165) is 25.7 Å². The Morgan fingerprint density at radius 3 is 0.804 bits per heavy atom. The molecular weight excluding hydrogens is 564 g/mol. The Balaban J connectivity index is 3.21. The summed E-state index contributed by atoms with van der Waals surface area (Å²) >= 11 is 0. The Morgan fingerprint density at radius 1 is 0.326 bits per heavy atom. The maximum absolute atomic E-state index is 11.8. The topological polar surface area (TPSA) is 35.5 Å². The molecule has 46 heavy (non-hydrogen) atoms. The number of hydrogen-bond donors (Lipinski definition) is 0. The van der Waals surface area contributed by atoms with Crippen molar-refractivity contribution in [3.05, 3.63) is 24.3 Å². The number of hydrogen-bond acceptors (Lipinski definition) is 3. The fourth-order valence-electron chi connectivity index (χ4n) is 6.11. The van der Waals surface area contributed by atoms with Crippen LogP contribution in [0.2, 0.25) is 0 Å². The summed E-state index contributed by atoms with van der Waals surface area (Å²) < 4.78 is 10.5. The molecule has 0 aliphatic rings. The van der Waals surface area contributed by atoms with Gasteiger partial charge in [-0.05, 0) is 64.2 Å². The molecule has 0 aromatic carbocycles. The summed E-state index contributed by atoms with van der Waals surface area (Å²) in [5.74, 6) is 0. The second-order valence-electron chi connectivity index (χ2n) is 13.9. The van der Waals surface area contributed by atoms with Gasteiger partial charge in [0, 0.05) is 0 Å². The third kappa shape index (κ3) is 40.8. The molecule has 3 nitrogen and oxygen atoms in total. The molecule has 0 saturated carbocycles. The summed E-state index contributed by atoms with van der Waals surface area (Å²) in [4.78, 5) is 11.8. The van der Waals surface area contributed by atoms with Crippen molar-refractivity contribution in [2.45, 2.75) is 232 Å². The molecule has 0 bridgehead atoms. The maximum Gasteiger partial charge on any atom is 0.508 e. The molecule has 0 atom stereocenters. The van der Waals surface area contributed by atoms with Gasteiger partial charge < -0.3 is 9.47 Å². The number of rotatable bonds is 38. The predicted molar refractivity (Wildman–Crippen MR) is 204 cm³/mol. The van der Waals surface area contributed by atoms with E-state index in [9.17, 15) is 4.79 Å². The van der Waals surface area contributed by atoms with Crippen LogP contribution in [0.1, 0.15) is 232 Å². The normalized spacial score (nSPS) is 11.7. The first-order valence-electron chi connectivity index (χ1n) is 20.9. The molecule has 0 amide bonds. The number of carbonyl (C=O) groups is 1. The van der Waals surface area contributed by atoms with Crippen LogP contribution < -0.4 is 0 Å². The Morgan fingerprint density at radius 2 is 0.543 bits per heavy atom. The first-order chi connectivity index (χ1) is 22.8. The molecule has 0 fully saturated rings. The van der Waals surface area contributed by atoms with E-state index in [1.54, 1.807) is 0 Å². The van der Waals surface area contributed by atoms with E-state index in [1.165, 1.54) is 193 Å². The second-order valence-corrected chi connectivity index (χ2v) is 13.9. The number of allylic oxidation sites excluding steroid dienone is 4. The van der Waals surface area contributed by atoms with Crippen molar-refractivity contribution in [3.8, 4) is 0 Å². The second kappa shape index (κ2) is 41.8. The van der Waals surface area contributed by atoms with E-state index in [-0.39, 0.29) is 0 Å². The molecule has 0 saturated heterocycles. The van der Waals surface area contributed by atoms with E-state index >= 15 is 0 Å². The molecule has 3 heteroatoms. The van der Waals surface area contributed by atoms with Gasteiger partial charge in [0.1, 0.15) is 0 Å². The third-order valence-corrected chi connectivity index (χ3v) is 9.25. The molecule has 0 radical (unpaired) electrons. The molecule has 0 spiro atoms. The van der Waals surface area contributed by atoms with Crippen LogP contribution in [0.5, 0.6) is 0 Å². The minimum Gasteiger partial charge on any atom is -0.434 e. The molecule has 272 valence electrons. The first kappa shape index (κ1) is 44.8. The van der Waals surface area contributed by atoms with Crippen LogP contribution in [-0.4, -0.2) is 19.4 Å². The minimum atomic E-state index is -0.480. The van der Waals surface area contributed by atoms with Crippen molar-refractivity contribution >= 4 is 6.16 Å². The molecule has 0 aliphatic heterocycles. The van der Waals surface area contributed by atoms with Crippen molar-refractivity contribution in [2.75, 3.05) is 13.2 Å². The summed E-state index contributed by atoms with van der Waals surface area (Å²) in [5.41, 5.74) is 0. The highest BCUT2D eigenvalue weighted by Crippen LogP contribution is 2.14. The SMILES string of the molecule is CCCCCCCC/C=C\CCCCCCCCCCCCOC(=O)OCCCCCCCC/C=C\CCCCCCCCCC. The van der Waals surface area contributed by atoms with Crippen molar-refractivity contribution in [2.24, 2.45) is 0 Å². The van der Waals surface area contributed by atoms with Crippen LogP contribution in [0.15, 0.2) is 24.3 Å². The Hall–Kier alpha value is -1.25. The van der Waals surface area contributed by atoms with E-state index in [4.69, 9.17) is 9.47 Å². The monoisotopic (exact) mass is 647 g/mol. The minimum absolute atomic E-state index is 0.480. The van der Waals surface area contributed by atoms with Gasteiger partial charge in [0.25, 0.3) is 0 Å². The molecule has 0 aliphatic carbocycles. The molecule has 0 unspecified atom stereocenters. The molecule has 0 N–H and O–H groups in total. The van der Waals surface area contributed by atoms with E-state index < -0.39 is 6.16 Å². The van der Waals surface area contributed by atoms with Crippen molar-refractivity contribution < 1.29 is 14.3 Å². The van der Waals surface area contributed by atoms with Crippen LogP contribution in [0.3, 0.4) is 0 Å². The van der Waals surface area contributed by atoms with Gasteiger partial charge in [-0.25, -0.2) is 4.79 Å². The Kier molecular flexibility index (Phi) is 40.6. The number of ether oxygens (including phenoxy) is 2. The zero-order valence-electron chi connectivity index (χ0n) is 31.5. The van der Waals surface area contributed by atoms with Gasteiger partial charge in [0.05, 0.1) is 13.2 Å².